The smallest absolute Gasteiger partial charge is 0.224 e. The molecule has 110 valence electrons. The van der Waals surface area contributed by atoms with Gasteiger partial charge in [0, 0.05) is 32.5 Å². The van der Waals surface area contributed by atoms with E-state index in [2.05, 4.69) is 5.32 Å². The van der Waals surface area contributed by atoms with E-state index in [0.29, 0.717) is 25.9 Å². The normalized spacial score (nSPS) is 16.6. The standard InChI is InChI=1S/C14H27N3O2/c1-3-17(4-2)13(19)6-9-16-12(18)10-14(11-15)7-5-8-14/h3-11,15H2,1-2H3,(H,16,18). The van der Waals surface area contributed by atoms with Gasteiger partial charge in [0.15, 0.2) is 0 Å². The summed E-state index contributed by atoms with van der Waals surface area (Å²) < 4.78 is 0. The van der Waals surface area contributed by atoms with Gasteiger partial charge in [-0.25, -0.2) is 0 Å². The van der Waals surface area contributed by atoms with Gasteiger partial charge in [-0.3, -0.25) is 9.59 Å². The van der Waals surface area contributed by atoms with Gasteiger partial charge in [0.1, 0.15) is 0 Å². The van der Waals surface area contributed by atoms with E-state index in [1.54, 1.807) is 4.90 Å². The van der Waals surface area contributed by atoms with E-state index in [0.717, 1.165) is 25.9 Å². The minimum absolute atomic E-state index is 0.0255. The number of nitrogens with zero attached hydrogens (tertiary/aromatic N) is 1. The SMILES string of the molecule is CCN(CC)C(=O)CCNC(=O)CC1(CN)CCC1. The maximum absolute atomic E-state index is 11.8. The molecule has 5 nitrogen and oxygen atoms in total. The molecular weight excluding hydrogens is 242 g/mol. The molecule has 1 aliphatic carbocycles. The lowest BCUT2D eigenvalue weighted by Gasteiger charge is -2.40. The Balaban J connectivity index is 2.22. The summed E-state index contributed by atoms with van der Waals surface area (Å²) in [5.41, 5.74) is 5.76. The summed E-state index contributed by atoms with van der Waals surface area (Å²) in [7, 11) is 0. The number of nitrogens with one attached hydrogen (secondary N) is 1. The zero-order valence-corrected chi connectivity index (χ0v) is 12.2. The second kappa shape index (κ2) is 7.48. The molecule has 5 heteroatoms. The largest absolute Gasteiger partial charge is 0.356 e. The third-order valence-electron chi connectivity index (χ3n) is 4.16. The molecule has 0 aromatic heterocycles. The Kier molecular flexibility index (Phi) is 6.28. The molecule has 1 aliphatic rings. The lowest BCUT2D eigenvalue weighted by molar-refractivity contribution is -0.131. The molecule has 1 fully saturated rings. The van der Waals surface area contributed by atoms with Crippen LogP contribution in [0.25, 0.3) is 0 Å². The molecule has 19 heavy (non-hydrogen) atoms. The Labute approximate surface area is 115 Å². The first kappa shape index (κ1) is 16.0. The number of carbonyl (C=O) groups is 2. The Hall–Kier alpha value is -1.10. The average Bonchev–Trinajstić information content (AvgIpc) is 2.35. The highest BCUT2D eigenvalue weighted by molar-refractivity contribution is 5.79. The summed E-state index contributed by atoms with van der Waals surface area (Å²) in [5.74, 6) is 0.125. The van der Waals surface area contributed by atoms with Crippen LogP contribution in [0.2, 0.25) is 0 Å². The van der Waals surface area contributed by atoms with E-state index >= 15 is 0 Å². The Morgan fingerprint density at radius 2 is 1.89 bits per heavy atom. The molecule has 1 rings (SSSR count). The number of hydrogen-bond donors (Lipinski definition) is 2. The predicted octanol–water partition coefficient (Wildman–Crippen LogP) is 0.880. The van der Waals surface area contributed by atoms with Crippen molar-refractivity contribution in [2.24, 2.45) is 11.1 Å². The second-order valence-corrected chi connectivity index (χ2v) is 5.40. The van der Waals surface area contributed by atoms with Crippen LogP contribution in [0.15, 0.2) is 0 Å². The molecule has 0 bridgehead atoms. The van der Waals surface area contributed by atoms with Crippen molar-refractivity contribution in [2.75, 3.05) is 26.2 Å². The fourth-order valence-electron chi connectivity index (χ4n) is 2.58. The van der Waals surface area contributed by atoms with Crippen molar-refractivity contribution in [3.05, 3.63) is 0 Å². The van der Waals surface area contributed by atoms with Gasteiger partial charge in [-0.1, -0.05) is 6.42 Å². The summed E-state index contributed by atoms with van der Waals surface area (Å²) in [6.07, 6.45) is 4.15. The number of rotatable bonds is 8. The quantitative estimate of drug-likeness (QED) is 0.687. The molecule has 0 aromatic rings. The maximum Gasteiger partial charge on any atom is 0.224 e. The van der Waals surface area contributed by atoms with Crippen molar-refractivity contribution in [1.29, 1.82) is 0 Å². The van der Waals surface area contributed by atoms with Crippen molar-refractivity contribution in [3.63, 3.8) is 0 Å². The van der Waals surface area contributed by atoms with E-state index in [-0.39, 0.29) is 17.2 Å². The number of carbonyl (C=O) groups excluding carboxylic acids is 2. The first-order valence-electron chi connectivity index (χ1n) is 7.31. The predicted molar refractivity (Wildman–Crippen MR) is 75.5 cm³/mol. The van der Waals surface area contributed by atoms with Crippen molar-refractivity contribution < 1.29 is 9.59 Å². The van der Waals surface area contributed by atoms with Crippen LogP contribution in [-0.2, 0) is 9.59 Å². The van der Waals surface area contributed by atoms with Crippen LogP contribution in [-0.4, -0.2) is 42.9 Å². The third-order valence-corrected chi connectivity index (χ3v) is 4.16. The molecule has 3 N–H and O–H groups in total. The van der Waals surface area contributed by atoms with Crippen molar-refractivity contribution in [3.8, 4) is 0 Å². The summed E-state index contributed by atoms with van der Waals surface area (Å²) in [6.45, 7) is 6.37. The molecule has 0 aromatic carbocycles. The first-order chi connectivity index (χ1) is 9.06. The fraction of sp³-hybridized carbons (Fsp3) is 0.857. The van der Waals surface area contributed by atoms with Gasteiger partial charge in [-0.2, -0.15) is 0 Å². The van der Waals surface area contributed by atoms with Crippen LogP contribution < -0.4 is 11.1 Å². The molecule has 0 radical (unpaired) electrons. The van der Waals surface area contributed by atoms with E-state index in [1.165, 1.54) is 6.42 Å². The highest BCUT2D eigenvalue weighted by atomic mass is 16.2. The molecule has 1 saturated carbocycles. The molecule has 0 spiro atoms. The van der Waals surface area contributed by atoms with Crippen LogP contribution in [0, 0.1) is 5.41 Å². The van der Waals surface area contributed by atoms with Gasteiger partial charge in [0.2, 0.25) is 11.8 Å². The van der Waals surface area contributed by atoms with E-state index < -0.39 is 0 Å². The molecule has 0 atom stereocenters. The molecular formula is C14H27N3O2. The third kappa shape index (κ3) is 4.49. The van der Waals surface area contributed by atoms with Crippen LogP contribution in [0.5, 0.6) is 0 Å². The van der Waals surface area contributed by atoms with Crippen LogP contribution in [0.3, 0.4) is 0 Å². The van der Waals surface area contributed by atoms with E-state index in [9.17, 15) is 9.59 Å². The van der Waals surface area contributed by atoms with Gasteiger partial charge in [0.05, 0.1) is 0 Å². The van der Waals surface area contributed by atoms with Crippen LogP contribution >= 0.6 is 0 Å². The fourth-order valence-corrected chi connectivity index (χ4v) is 2.58. The number of hydrogen-bond acceptors (Lipinski definition) is 3. The summed E-state index contributed by atoms with van der Waals surface area (Å²) in [5, 5.41) is 2.83. The summed E-state index contributed by atoms with van der Waals surface area (Å²) >= 11 is 0. The Morgan fingerprint density at radius 1 is 1.26 bits per heavy atom. The van der Waals surface area contributed by atoms with Gasteiger partial charge >= 0.3 is 0 Å². The van der Waals surface area contributed by atoms with Gasteiger partial charge in [-0.15, -0.1) is 0 Å². The molecule has 0 aliphatic heterocycles. The van der Waals surface area contributed by atoms with Crippen molar-refractivity contribution in [1.82, 2.24) is 10.2 Å². The van der Waals surface area contributed by atoms with E-state index in [1.807, 2.05) is 13.8 Å². The van der Waals surface area contributed by atoms with Gasteiger partial charge < -0.3 is 16.0 Å². The highest BCUT2D eigenvalue weighted by Crippen LogP contribution is 2.42. The molecule has 0 unspecified atom stereocenters. The topological polar surface area (TPSA) is 75.4 Å². The van der Waals surface area contributed by atoms with Gasteiger partial charge in [-0.05, 0) is 38.6 Å². The molecule has 0 heterocycles. The second-order valence-electron chi connectivity index (χ2n) is 5.40. The summed E-state index contributed by atoms with van der Waals surface area (Å²) in [6, 6.07) is 0. The number of amides is 2. The lowest BCUT2D eigenvalue weighted by Crippen LogP contribution is -2.42. The summed E-state index contributed by atoms with van der Waals surface area (Å²) in [4.78, 5) is 25.3. The van der Waals surface area contributed by atoms with Crippen LogP contribution in [0.1, 0.15) is 46.0 Å². The lowest BCUT2D eigenvalue weighted by atomic mass is 9.66. The zero-order chi connectivity index (χ0) is 14.3. The van der Waals surface area contributed by atoms with Crippen molar-refractivity contribution >= 4 is 11.8 Å². The molecule has 2 amide bonds. The minimum atomic E-state index is 0.0255. The van der Waals surface area contributed by atoms with Crippen LogP contribution in [0.4, 0.5) is 0 Å². The Morgan fingerprint density at radius 3 is 2.32 bits per heavy atom. The maximum atomic E-state index is 11.8. The van der Waals surface area contributed by atoms with E-state index in [4.69, 9.17) is 5.73 Å². The number of nitrogens with two attached hydrogens (primary N) is 1. The van der Waals surface area contributed by atoms with Crippen molar-refractivity contribution in [2.45, 2.75) is 46.0 Å². The van der Waals surface area contributed by atoms with Gasteiger partial charge in [0.25, 0.3) is 0 Å². The molecule has 0 saturated heterocycles. The Bertz CT molecular complexity index is 304. The highest BCUT2D eigenvalue weighted by Gasteiger charge is 2.37. The average molecular weight is 269 g/mol. The zero-order valence-electron chi connectivity index (χ0n) is 12.2. The minimum Gasteiger partial charge on any atom is -0.356 e. The first-order valence-corrected chi connectivity index (χ1v) is 7.31. The monoisotopic (exact) mass is 269 g/mol.